The zero-order chi connectivity index (χ0) is 9.03. The van der Waals surface area contributed by atoms with Crippen molar-refractivity contribution in [3.8, 4) is 6.07 Å². The number of nitrogens with zero attached hydrogens (tertiary/aromatic N) is 1. The monoisotopic (exact) mass is 169 g/mol. The Bertz CT molecular complexity index is 173. The van der Waals surface area contributed by atoms with Gasteiger partial charge < -0.3 is 9.47 Å². The Hall–Kier alpha value is -0.590. The van der Waals surface area contributed by atoms with Crippen LogP contribution >= 0.6 is 0 Å². The average molecular weight is 169 g/mol. The lowest BCUT2D eigenvalue weighted by atomic mass is 9.95. The van der Waals surface area contributed by atoms with Crippen molar-refractivity contribution < 1.29 is 9.47 Å². The Morgan fingerprint density at radius 1 is 1.42 bits per heavy atom. The lowest BCUT2D eigenvalue weighted by molar-refractivity contribution is -0.223. The van der Waals surface area contributed by atoms with Gasteiger partial charge in [-0.3, -0.25) is 0 Å². The van der Waals surface area contributed by atoms with Crippen LogP contribution in [0.2, 0.25) is 0 Å². The highest BCUT2D eigenvalue weighted by Gasteiger charge is 2.27. The maximum Gasteiger partial charge on any atom is 0.158 e. The van der Waals surface area contributed by atoms with E-state index in [9.17, 15) is 0 Å². The molecule has 0 aliphatic carbocycles. The molecule has 0 atom stereocenters. The van der Waals surface area contributed by atoms with Crippen LogP contribution in [0.3, 0.4) is 0 Å². The van der Waals surface area contributed by atoms with Gasteiger partial charge in [0.25, 0.3) is 0 Å². The van der Waals surface area contributed by atoms with Crippen molar-refractivity contribution in [3.63, 3.8) is 0 Å². The zero-order valence-corrected chi connectivity index (χ0v) is 7.67. The fourth-order valence-corrected chi connectivity index (χ4v) is 1.08. The lowest BCUT2D eigenvalue weighted by Gasteiger charge is -2.34. The van der Waals surface area contributed by atoms with Gasteiger partial charge in [0.2, 0.25) is 0 Å². The summed E-state index contributed by atoms with van der Waals surface area (Å²) in [6, 6.07) is 2.08. The van der Waals surface area contributed by atoms with Crippen molar-refractivity contribution in [1.82, 2.24) is 0 Å². The van der Waals surface area contributed by atoms with Crippen molar-refractivity contribution in [1.29, 1.82) is 5.26 Å². The van der Waals surface area contributed by atoms with Gasteiger partial charge in [-0.25, -0.2) is 0 Å². The summed E-state index contributed by atoms with van der Waals surface area (Å²) in [5.74, 6) is 0. The topological polar surface area (TPSA) is 42.2 Å². The fraction of sp³-hybridized carbons (Fsp3) is 0.889. The normalized spacial score (nSPS) is 23.4. The van der Waals surface area contributed by atoms with Crippen LogP contribution < -0.4 is 0 Å². The molecule has 0 radical (unpaired) electrons. The van der Waals surface area contributed by atoms with E-state index in [2.05, 4.69) is 19.9 Å². The summed E-state index contributed by atoms with van der Waals surface area (Å²) >= 11 is 0. The number of rotatable bonds is 2. The smallest absolute Gasteiger partial charge is 0.158 e. The first-order valence-corrected chi connectivity index (χ1v) is 4.24. The van der Waals surface area contributed by atoms with Gasteiger partial charge in [-0.05, 0) is 0 Å². The van der Waals surface area contributed by atoms with Gasteiger partial charge in [0.1, 0.15) is 0 Å². The molecule has 3 heteroatoms. The zero-order valence-electron chi connectivity index (χ0n) is 7.67. The summed E-state index contributed by atoms with van der Waals surface area (Å²) in [6.07, 6.45) is 1.04. The van der Waals surface area contributed by atoms with Crippen LogP contribution in [0.4, 0.5) is 0 Å². The Labute approximate surface area is 73.3 Å². The van der Waals surface area contributed by atoms with Gasteiger partial charge in [0.15, 0.2) is 6.29 Å². The molecule has 0 saturated carbocycles. The van der Waals surface area contributed by atoms with Crippen molar-refractivity contribution in [2.24, 2.45) is 5.41 Å². The Morgan fingerprint density at radius 3 is 2.50 bits per heavy atom. The third kappa shape index (κ3) is 2.80. The third-order valence-corrected chi connectivity index (χ3v) is 1.81. The van der Waals surface area contributed by atoms with Gasteiger partial charge >= 0.3 is 0 Å². The van der Waals surface area contributed by atoms with E-state index >= 15 is 0 Å². The molecule has 0 spiro atoms. The first kappa shape index (κ1) is 9.50. The second-order valence-electron chi connectivity index (χ2n) is 3.91. The van der Waals surface area contributed by atoms with Crippen LogP contribution in [0.25, 0.3) is 0 Å². The molecule has 0 aromatic carbocycles. The highest BCUT2D eigenvalue weighted by molar-refractivity contribution is 4.74. The van der Waals surface area contributed by atoms with Gasteiger partial charge in [0.05, 0.1) is 19.3 Å². The van der Waals surface area contributed by atoms with Crippen molar-refractivity contribution >= 4 is 0 Å². The van der Waals surface area contributed by atoms with Gasteiger partial charge in [-0.1, -0.05) is 13.8 Å². The van der Waals surface area contributed by atoms with Gasteiger partial charge in [-0.2, -0.15) is 5.26 Å². The predicted molar refractivity (Wildman–Crippen MR) is 44.3 cm³/mol. The molecule has 0 unspecified atom stereocenters. The van der Waals surface area contributed by atoms with E-state index in [1.165, 1.54) is 0 Å². The van der Waals surface area contributed by atoms with E-state index in [4.69, 9.17) is 14.7 Å². The average Bonchev–Trinajstić information content (AvgIpc) is 2.03. The van der Waals surface area contributed by atoms with E-state index in [1.54, 1.807) is 0 Å². The molecular weight excluding hydrogens is 154 g/mol. The Balaban J connectivity index is 2.23. The molecule has 3 nitrogen and oxygen atoms in total. The molecule has 12 heavy (non-hydrogen) atoms. The summed E-state index contributed by atoms with van der Waals surface area (Å²) in [6.45, 7) is 5.66. The van der Waals surface area contributed by atoms with Gasteiger partial charge in [0, 0.05) is 18.3 Å². The van der Waals surface area contributed by atoms with E-state index in [1.807, 2.05) is 0 Å². The van der Waals surface area contributed by atoms with Crippen molar-refractivity contribution in [2.75, 3.05) is 13.2 Å². The molecule has 1 rings (SSSR count). The van der Waals surface area contributed by atoms with Crippen LogP contribution in [0.5, 0.6) is 0 Å². The van der Waals surface area contributed by atoms with E-state index in [0.717, 1.165) is 13.2 Å². The van der Waals surface area contributed by atoms with Crippen LogP contribution in [0.1, 0.15) is 26.7 Å². The summed E-state index contributed by atoms with van der Waals surface area (Å²) in [4.78, 5) is 0. The second kappa shape index (κ2) is 3.88. The second-order valence-corrected chi connectivity index (χ2v) is 3.91. The van der Waals surface area contributed by atoms with E-state index in [0.29, 0.717) is 12.8 Å². The lowest BCUT2D eigenvalue weighted by Crippen LogP contribution is -2.37. The SMILES string of the molecule is CC1(C)COC(CCC#N)OC1. The fourth-order valence-electron chi connectivity index (χ4n) is 1.08. The number of ether oxygens (including phenoxy) is 2. The number of nitriles is 1. The van der Waals surface area contributed by atoms with Crippen LogP contribution in [-0.2, 0) is 9.47 Å². The van der Waals surface area contributed by atoms with Crippen molar-refractivity contribution in [3.05, 3.63) is 0 Å². The molecule has 1 aliphatic heterocycles. The molecule has 0 amide bonds. The summed E-state index contributed by atoms with van der Waals surface area (Å²) in [5, 5.41) is 8.34. The molecule has 1 fully saturated rings. The largest absolute Gasteiger partial charge is 0.352 e. The first-order valence-electron chi connectivity index (χ1n) is 4.24. The maximum absolute atomic E-state index is 8.34. The summed E-state index contributed by atoms with van der Waals surface area (Å²) in [5.41, 5.74) is 0.128. The van der Waals surface area contributed by atoms with Crippen molar-refractivity contribution in [2.45, 2.75) is 33.0 Å². The minimum atomic E-state index is -0.155. The quantitative estimate of drug-likeness (QED) is 0.631. The minimum absolute atomic E-state index is 0.128. The minimum Gasteiger partial charge on any atom is -0.352 e. The Kier molecular flexibility index (Phi) is 3.07. The number of hydrogen-bond donors (Lipinski definition) is 0. The highest BCUT2D eigenvalue weighted by Crippen LogP contribution is 2.24. The van der Waals surface area contributed by atoms with E-state index in [-0.39, 0.29) is 11.7 Å². The standard InChI is InChI=1S/C9H15NO2/c1-9(2)6-11-8(12-7-9)4-3-5-10/h8H,3-4,6-7H2,1-2H3. The molecule has 68 valence electrons. The maximum atomic E-state index is 8.34. The molecule has 1 saturated heterocycles. The Morgan fingerprint density at radius 2 is 2.00 bits per heavy atom. The molecule has 1 heterocycles. The molecule has 0 aromatic rings. The molecular formula is C9H15NO2. The third-order valence-electron chi connectivity index (χ3n) is 1.81. The van der Waals surface area contributed by atoms with Crippen LogP contribution in [0, 0.1) is 16.7 Å². The highest BCUT2D eigenvalue weighted by atomic mass is 16.7. The number of hydrogen-bond acceptors (Lipinski definition) is 3. The molecule has 1 aliphatic rings. The van der Waals surface area contributed by atoms with E-state index < -0.39 is 0 Å². The van der Waals surface area contributed by atoms with Crippen LogP contribution in [-0.4, -0.2) is 19.5 Å². The van der Waals surface area contributed by atoms with Gasteiger partial charge in [-0.15, -0.1) is 0 Å². The van der Waals surface area contributed by atoms with Crippen LogP contribution in [0.15, 0.2) is 0 Å². The predicted octanol–water partition coefficient (Wildman–Crippen LogP) is 1.69. The molecule has 0 aromatic heterocycles. The summed E-state index contributed by atoms with van der Waals surface area (Å²) < 4.78 is 10.8. The molecule has 0 bridgehead atoms. The molecule has 0 N–H and O–H groups in total. The first-order chi connectivity index (χ1) is 5.64. The summed E-state index contributed by atoms with van der Waals surface area (Å²) in [7, 11) is 0.